The molecule has 0 aliphatic rings. The third-order valence-electron chi connectivity index (χ3n) is 11.9. The smallest absolute Gasteiger partial charge is 0.164 e. The average Bonchev–Trinajstić information content (AvgIpc) is 3.90. The predicted octanol–water partition coefficient (Wildman–Crippen LogP) is 14.9. The molecule has 0 fully saturated rings. The maximum Gasteiger partial charge on any atom is 0.164 e. The van der Waals surface area contributed by atoms with Gasteiger partial charge in [0.05, 0.1) is 11.0 Å². The van der Waals surface area contributed by atoms with Gasteiger partial charge in [-0.25, -0.2) is 15.0 Å². The molecule has 62 heavy (non-hydrogen) atoms. The van der Waals surface area contributed by atoms with Crippen LogP contribution in [0.15, 0.2) is 223 Å². The number of rotatable bonds is 7. The Hall–Kier alpha value is -8.41. The molecule has 3 heterocycles. The molecule has 0 saturated carbocycles. The zero-order chi connectivity index (χ0) is 41.0. The van der Waals surface area contributed by atoms with Crippen molar-refractivity contribution in [3.63, 3.8) is 0 Å². The molecule has 0 aliphatic carbocycles. The number of hydrogen-bond donors (Lipinski definition) is 0. The van der Waals surface area contributed by atoms with Crippen LogP contribution in [0.4, 0.5) is 0 Å². The summed E-state index contributed by atoms with van der Waals surface area (Å²) in [6, 6.07) is 76.2. The quantitative estimate of drug-likeness (QED) is 0.161. The molecule has 0 atom stereocenters. The molecule has 5 heteroatoms. The van der Waals surface area contributed by atoms with Gasteiger partial charge in [-0.05, 0) is 81.9 Å². The van der Waals surface area contributed by atoms with E-state index in [9.17, 15) is 0 Å². The molecule has 0 N–H and O–H groups in total. The van der Waals surface area contributed by atoms with E-state index in [1.807, 2.05) is 36.4 Å². The number of benzene rings is 9. The summed E-state index contributed by atoms with van der Waals surface area (Å²) in [7, 11) is 0. The van der Waals surface area contributed by atoms with E-state index >= 15 is 0 Å². The van der Waals surface area contributed by atoms with Crippen LogP contribution in [0.2, 0.25) is 0 Å². The molecule has 9 aromatic carbocycles. The van der Waals surface area contributed by atoms with E-state index < -0.39 is 0 Å². The second kappa shape index (κ2) is 14.7. The second-order valence-electron chi connectivity index (χ2n) is 15.5. The van der Waals surface area contributed by atoms with Crippen molar-refractivity contribution < 1.29 is 4.42 Å². The maximum absolute atomic E-state index is 6.59. The molecule has 290 valence electrons. The van der Waals surface area contributed by atoms with Crippen molar-refractivity contribution in [1.29, 1.82) is 0 Å². The summed E-state index contributed by atoms with van der Waals surface area (Å²) in [5.41, 5.74) is 14.3. The highest BCUT2D eigenvalue weighted by molar-refractivity contribution is 6.14. The Bertz CT molecular complexity index is 3530. The van der Waals surface area contributed by atoms with Gasteiger partial charge in [0.15, 0.2) is 17.5 Å². The predicted molar refractivity (Wildman–Crippen MR) is 254 cm³/mol. The lowest BCUT2D eigenvalue weighted by molar-refractivity contribution is 0.669. The Morgan fingerprint density at radius 2 is 0.790 bits per heavy atom. The Kier molecular flexibility index (Phi) is 8.42. The van der Waals surface area contributed by atoms with Gasteiger partial charge in [-0.3, -0.25) is 0 Å². The van der Waals surface area contributed by atoms with E-state index in [-0.39, 0.29) is 0 Å². The fourth-order valence-corrected chi connectivity index (χ4v) is 9.03. The van der Waals surface area contributed by atoms with Gasteiger partial charge < -0.3 is 8.98 Å². The van der Waals surface area contributed by atoms with Crippen molar-refractivity contribution in [3.05, 3.63) is 218 Å². The summed E-state index contributed by atoms with van der Waals surface area (Å²) in [6.07, 6.45) is 0. The van der Waals surface area contributed by atoms with E-state index in [4.69, 9.17) is 19.4 Å². The highest BCUT2D eigenvalue weighted by atomic mass is 16.3. The first-order valence-corrected chi connectivity index (χ1v) is 20.9. The van der Waals surface area contributed by atoms with Gasteiger partial charge in [-0.2, -0.15) is 0 Å². The fourth-order valence-electron chi connectivity index (χ4n) is 9.03. The van der Waals surface area contributed by atoms with Crippen LogP contribution in [-0.2, 0) is 0 Å². The van der Waals surface area contributed by atoms with Gasteiger partial charge in [0.1, 0.15) is 11.2 Å². The molecule has 0 saturated heterocycles. The monoisotopic (exact) mass is 792 g/mol. The second-order valence-corrected chi connectivity index (χ2v) is 15.5. The summed E-state index contributed by atoms with van der Waals surface area (Å²) in [5.74, 6) is 1.77. The van der Waals surface area contributed by atoms with Crippen molar-refractivity contribution in [3.8, 4) is 73.2 Å². The van der Waals surface area contributed by atoms with Crippen molar-refractivity contribution in [2.45, 2.75) is 0 Å². The van der Waals surface area contributed by atoms with Crippen LogP contribution in [0.3, 0.4) is 0 Å². The first-order chi connectivity index (χ1) is 30.7. The lowest BCUT2D eigenvalue weighted by Gasteiger charge is -2.14. The van der Waals surface area contributed by atoms with Crippen molar-refractivity contribution in [2.24, 2.45) is 0 Å². The first-order valence-electron chi connectivity index (χ1n) is 20.9. The Labute approximate surface area is 357 Å². The number of aromatic nitrogens is 4. The van der Waals surface area contributed by atoms with Crippen LogP contribution in [0.1, 0.15) is 0 Å². The molecule has 12 aromatic rings. The van der Waals surface area contributed by atoms with Gasteiger partial charge in [0.25, 0.3) is 0 Å². The minimum absolute atomic E-state index is 0.574. The molecule has 0 radical (unpaired) electrons. The van der Waals surface area contributed by atoms with E-state index in [1.165, 1.54) is 21.8 Å². The van der Waals surface area contributed by atoms with Crippen LogP contribution >= 0.6 is 0 Å². The standard InChI is InChI=1S/C57H36N4O/c1-4-17-37(18-5-1)42-23-10-12-26-45(42)55-58-56(46-27-13-11-24-43(46)38-19-6-2-7-20-38)60-57(59-55)47-28-16-30-53-54(47)49-36-40(32-34-52(49)62-53)39-31-33-51-48(35-39)44-25-14-15-29-50(44)61(51)41-21-8-3-9-22-41/h1-36H. The zero-order valence-corrected chi connectivity index (χ0v) is 33.5. The van der Waals surface area contributed by atoms with Crippen LogP contribution in [0, 0.1) is 0 Å². The van der Waals surface area contributed by atoms with Gasteiger partial charge >= 0.3 is 0 Å². The van der Waals surface area contributed by atoms with E-state index in [1.54, 1.807) is 0 Å². The minimum atomic E-state index is 0.574. The summed E-state index contributed by atoms with van der Waals surface area (Å²) in [4.78, 5) is 15.9. The largest absolute Gasteiger partial charge is 0.456 e. The number of para-hydroxylation sites is 2. The lowest BCUT2D eigenvalue weighted by atomic mass is 9.97. The molecular weight excluding hydrogens is 757 g/mol. The topological polar surface area (TPSA) is 56.7 Å². The molecule has 0 amide bonds. The normalized spacial score (nSPS) is 11.5. The Morgan fingerprint density at radius 1 is 0.306 bits per heavy atom. The van der Waals surface area contributed by atoms with Gasteiger partial charge in [0.2, 0.25) is 0 Å². The number of hydrogen-bond acceptors (Lipinski definition) is 4. The molecule has 12 rings (SSSR count). The Balaban J connectivity index is 1.06. The summed E-state index contributed by atoms with van der Waals surface area (Å²) < 4.78 is 8.94. The van der Waals surface area contributed by atoms with Crippen LogP contribution < -0.4 is 0 Å². The third kappa shape index (κ3) is 5.98. The highest BCUT2D eigenvalue weighted by Gasteiger charge is 2.21. The average molecular weight is 793 g/mol. The van der Waals surface area contributed by atoms with Crippen LogP contribution in [0.5, 0.6) is 0 Å². The highest BCUT2D eigenvalue weighted by Crippen LogP contribution is 2.41. The van der Waals surface area contributed by atoms with E-state index in [0.29, 0.717) is 17.5 Å². The van der Waals surface area contributed by atoms with E-state index in [2.05, 4.69) is 187 Å². The molecule has 5 nitrogen and oxygen atoms in total. The van der Waals surface area contributed by atoms with Gasteiger partial charge in [-0.15, -0.1) is 0 Å². The number of fused-ring (bicyclic) bond motifs is 6. The molecule has 3 aromatic heterocycles. The van der Waals surface area contributed by atoms with Crippen molar-refractivity contribution >= 4 is 43.7 Å². The fraction of sp³-hybridized carbons (Fsp3) is 0. The third-order valence-corrected chi connectivity index (χ3v) is 11.9. The first kappa shape index (κ1) is 35.5. The summed E-state index contributed by atoms with van der Waals surface area (Å²) in [5, 5.41) is 4.38. The van der Waals surface area contributed by atoms with Crippen molar-refractivity contribution in [2.75, 3.05) is 0 Å². The van der Waals surface area contributed by atoms with Crippen LogP contribution in [0.25, 0.3) is 117 Å². The maximum atomic E-state index is 6.59. The molecule has 0 unspecified atom stereocenters. The summed E-state index contributed by atoms with van der Waals surface area (Å²) >= 11 is 0. The van der Waals surface area contributed by atoms with Crippen molar-refractivity contribution in [1.82, 2.24) is 19.5 Å². The van der Waals surface area contributed by atoms with E-state index in [0.717, 1.165) is 77.7 Å². The molecular formula is C57H36N4O. The molecule has 0 spiro atoms. The Morgan fingerprint density at radius 3 is 1.44 bits per heavy atom. The van der Waals surface area contributed by atoms with Gasteiger partial charge in [0, 0.05) is 43.9 Å². The minimum Gasteiger partial charge on any atom is -0.456 e. The molecule has 0 aliphatic heterocycles. The lowest BCUT2D eigenvalue weighted by Crippen LogP contribution is -2.02. The van der Waals surface area contributed by atoms with Gasteiger partial charge in [-0.1, -0.05) is 170 Å². The van der Waals surface area contributed by atoms with Crippen LogP contribution in [-0.4, -0.2) is 19.5 Å². The molecule has 0 bridgehead atoms. The SMILES string of the molecule is c1ccc(-c2ccccc2-c2nc(-c3ccccc3-c3ccccc3)nc(-c3cccc4oc5ccc(-c6ccc7c(c6)c6ccccc6n7-c6ccccc6)cc5c34)n2)cc1. The summed E-state index contributed by atoms with van der Waals surface area (Å²) in [6.45, 7) is 0. The zero-order valence-electron chi connectivity index (χ0n) is 33.5. The number of nitrogens with zero attached hydrogens (tertiary/aromatic N) is 4. The number of furan rings is 1.